The van der Waals surface area contributed by atoms with Crippen molar-refractivity contribution in [3.05, 3.63) is 92.9 Å². The average molecular weight is 465 g/mol. The minimum atomic E-state index is -0.221. The minimum absolute atomic E-state index is 0.0268. The van der Waals surface area contributed by atoms with Gasteiger partial charge in [0.25, 0.3) is 0 Å². The van der Waals surface area contributed by atoms with Crippen LogP contribution in [0.3, 0.4) is 0 Å². The van der Waals surface area contributed by atoms with Gasteiger partial charge in [-0.15, -0.1) is 11.8 Å². The van der Waals surface area contributed by atoms with E-state index in [2.05, 4.69) is 0 Å². The fourth-order valence-electron chi connectivity index (χ4n) is 3.14. The Morgan fingerprint density at radius 3 is 2.28 bits per heavy atom. The number of ether oxygens (including phenoxy) is 1. The number of halogens is 3. The van der Waals surface area contributed by atoms with Crippen molar-refractivity contribution >= 4 is 58.2 Å². The number of rotatable bonds is 5. The Labute approximate surface area is 188 Å². The molecule has 0 spiro atoms. The highest BCUT2D eigenvalue weighted by Gasteiger charge is 2.34. The SMILES string of the molecule is O=C1CS[C@@H](c2cc(Cl)c(OCc3ccccc3)c(Cl)c2)N1c1ccc(Cl)cc1. The van der Waals surface area contributed by atoms with Gasteiger partial charge in [0, 0.05) is 10.7 Å². The van der Waals surface area contributed by atoms with Crippen molar-refractivity contribution < 1.29 is 9.53 Å². The fourth-order valence-corrected chi connectivity index (χ4v) is 5.04. The first-order chi connectivity index (χ1) is 14.0. The van der Waals surface area contributed by atoms with E-state index in [1.54, 1.807) is 17.0 Å². The standard InChI is InChI=1S/C22H16Cl3NO2S/c23-16-6-8-17(9-7-16)26-20(27)13-29-22(26)15-10-18(24)21(19(25)11-15)28-12-14-4-2-1-3-5-14/h1-11,22H,12-13H2/t22-/m0/s1. The summed E-state index contributed by atoms with van der Waals surface area (Å²) in [5, 5.41) is 1.23. The summed E-state index contributed by atoms with van der Waals surface area (Å²) in [4.78, 5) is 14.3. The van der Waals surface area contributed by atoms with E-state index in [-0.39, 0.29) is 11.3 Å². The van der Waals surface area contributed by atoms with Crippen LogP contribution < -0.4 is 9.64 Å². The first-order valence-corrected chi connectivity index (χ1v) is 11.1. The Kier molecular flexibility index (Phi) is 6.26. The van der Waals surface area contributed by atoms with Crippen molar-refractivity contribution in [3.8, 4) is 5.75 Å². The van der Waals surface area contributed by atoms with Gasteiger partial charge >= 0.3 is 0 Å². The van der Waals surface area contributed by atoms with Crippen LogP contribution in [-0.2, 0) is 11.4 Å². The van der Waals surface area contributed by atoms with Crippen LogP contribution in [0.4, 0.5) is 5.69 Å². The zero-order chi connectivity index (χ0) is 20.4. The molecule has 1 aliphatic heterocycles. The number of benzene rings is 3. The average Bonchev–Trinajstić information content (AvgIpc) is 3.10. The van der Waals surface area contributed by atoms with Crippen molar-refractivity contribution in [1.29, 1.82) is 0 Å². The predicted octanol–water partition coefficient (Wildman–Crippen LogP) is 7.00. The lowest BCUT2D eigenvalue weighted by Gasteiger charge is -2.25. The number of thioether (sulfide) groups is 1. The Morgan fingerprint density at radius 2 is 1.62 bits per heavy atom. The van der Waals surface area contributed by atoms with Crippen LogP contribution in [0.15, 0.2) is 66.7 Å². The summed E-state index contributed by atoms with van der Waals surface area (Å²) in [6.07, 6.45) is 0. The summed E-state index contributed by atoms with van der Waals surface area (Å²) < 4.78 is 5.85. The van der Waals surface area contributed by atoms with Crippen LogP contribution in [0.5, 0.6) is 5.75 Å². The van der Waals surface area contributed by atoms with Gasteiger partial charge in [-0.1, -0.05) is 65.1 Å². The lowest BCUT2D eigenvalue weighted by molar-refractivity contribution is -0.115. The molecular formula is C22H16Cl3NO2S. The van der Waals surface area contributed by atoms with E-state index >= 15 is 0 Å². The lowest BCUT2D eigenvalue weighted by atomic mass is 10.1. The van der Waals surface area contributed by atoms with E-state index in [9.17, 15) is 4.79 Å². The molecule has 1 aliphatic rings. The van der Waals surface area contributed by atoms with Crippen molar-refractivity contribution in [2.45, 2.75) is 12.0 Å². The largest absolute Gasteiger partial charge is 0.486 e. The molecule has 3 nitrogen and oxygen atoms in total. The van der Waals surface area contributed by atoms with E-state index in [0.29, 0.717) is 33.2 Å². The molecule has 1 fully saturated rings. The highest BCUT2D eigenvalue weighted by molar-refractivity contribution is 8.00. The second-order valence-electron chi connectivity index (χ2n) is 6.49. The third-order valence-corrected chi connectivity index (χ3v) is 6.53. The zero-order valence-electron chi connectivity index (χ0n) is 15.1. The van der Waals surface area contributed by atoms with Crippen molar-refractivity contribution in [2.24, 2.45) is 0 Å². The number of hydrogen-bond donors (Lipinski definition) is 0. The van der Waals surface area contributed by atoms with Gasteiger partial charge in [0.2, 0.25) is 5.91 Å². The quantitative estimate of drug-likeness (QED) is 0.407. The van der Waals surface area contributed by atoms with Gasteiger partial charge < -0.3 is 4.74 Å². The van der Waals surface area contributed by atoms with Crippen LogP contribution in [0, 0.1) is 0 Å². The molecule has 0 N–H and O–H groups in total. The summed E-state index contributed by atoms with van der Waals surface area (Å²) in [7, 11) is 0. The second-order valence-corrected chi connectivity index (χ2v) is 8.81. The summed E-state index contributed by atoms with van der Waals surface area (Å²) in [6, 6.07) is 20.6. The molecule has 0 radical (unpaired) electrons. The van der Waals surface area contributed by atoms with Crippen LogP contribution in [0.25, 0.3) is 0 Å². The molecule has 3 aromatic carbocycles. The lowest BCUT2D eigenvalue weighted by Crippen LogP contribution is -2.27. The van der Waals surface area contributed by atoms with Gasteiger partial charge in [0.1, 0.15) is 12.0 Å². The molecule has 0 bridgehead atoms. The highest BCUT2D eigenvalue weighted by atomic mass is 35.5. The van der Waals surface area contributed by atoms with E-state index < -0.39 is 0 Å². The first kappa shape index (κ1) is 20.4. The Bertz CT molecular complexity index is 1000. The molecule has 1 saturated heterocycles. The van der Waals surface area contributed by atoms with Gasteiger partial charge in [0.15, 0.2) is 5.75 Å². The first-order valence-electron chi connectivity index (χ1n) is 8.88. The monoisotopic (exact) mass is 463 g/mol. The van der Waals surface area contributed by atoms with Gasteiger partial charge in [0.05, 0.1) is 15.8 Å². The van der Waals surface area contributed by atoms with E-state index in [1.165, 1.54) is 11.8 Å². The third-order valence-electron chi connectivity index (χ3n) is 4.50. The van der Waals surface area contributed by atoms with Gasteiger partial charge in [-0.3, -0.25) is 9.69 Å². The molecule has 1 amide bonds. The number of carbonyl (C=O) groups excluding carboxylic acids is 1. The predicted molar refractivity (Wildman–Crippen MR) is 121 cm³/mol. The van der Waals surface area contributed by atoms with Gasteiger partial charge in [-0.2, -0.15) is 0 Å². The Hall–Kier alpha value is -1.85. The third kappa shape index (κ3) is 4.51. The highest BCUT2D eigenvalue weighted by Crippen LogP contribution is 2.45. The van der Waals surface area contributed by atoms with Crippen molar-refractivity contribution in [3.63, 3.8) is 0 Å². The molecule has 1 atom stereocenters. The van der Waals surface area contributed by atoms with E-state index in [0.717, 1.165) is 16.8 Å². The second kappa shape index (κ2) is 8.88. The van der Waals surface area contributed by atoms with E-state index in [4.69, 9.17) is 39.5 Å². The minimum Gasteiger partial charge on any atom is -0.486 e. The Morgan fingerprint density at radius 1 is 0.966 bits per heavy atom. The van der Waals surface area contributed by atoms with Gasteiger partial charge in [-0.05, 0) is 47.5 Å². The van der Waals surface area contributed by atoms with Crippen molar-refractivity contribution in [2.75, 3.05) is 10.7 Å². The summed E-state index contributed by atoms with van der Waals surface area (Å²) >= 11 is 20.5. The van der Waals surface area contributed by atoms with Crippen LogP contribution in [-0.4, -0.2) is 11.7 Å². The Balaban J connectivity index is 1.59. The number of nitrogens with zero attached hydrogens (tertiary/aromatic N) is 1. The fraction of sp³-hybridized carbons (Fsp3) is 0.136. The molecule has 1 heterocycles. The maximum absolute atomic E-state index is 12.5. The number of anilines is 1. The maximum Gasteiger partial charge on any atom is 0.238 e. The molecule has 29 heavy (non-hydrogen) atoms. The zero-order valence-corrected chi connectivity index (χ0v) is 18.2. The number of amides is 1. The van der Waals surface area contributed by atoms with E-state index in [1.807, 2.05) is 54.6 Å². The van der Waals surface area contributed by atoms with Crippen molar-refractivity contribution in [1.82, 2.24) is 0 Å². The molecule has 7 heteroatoms. The summed E-state index contributed by atoms with van der Waals surface area (Å²) in [6.45, 7) is 0.368. The molecule has 148 valence electrons. The van der Waals surface area contributed by atoms with Gasteiger partial charge in [-0.25, -0.2) is 0 Å². The smallest absolute Gasteiger partial charge is 0.238 e. The molecule has 4 rings (SSSR count). The number of carbonyl (C=O) groups is 1. The molecule has 3 aromatic rings. The summed E-state index contributed by atoms with van der Waals surface area (Å²) in [5.41, 5.74) is 2.65. The maximum atomic E-state index is 12.5. The molecule has 0 saturated carbocycles. The topological polar surface area (TPSA) is 29.5 Å². The normalized spacial score (nSPS) is 16.3. The summed E-state index contributed by atoms with van der Waals surface area (Å²) in [5.74, 6) is 0.849. The molecule has 0 aliphatic carbocycles. The molecule has 0 aromatic heterocycles. The van der Waals surface area contributed by atoms with Crippen LogP contribution in [0.2, 0.25) is 15.1 Å². The molecule has 0 unspecified atom stereocenters. The van der Waals surface area contributed by atoms with Crippen LogP contribution >= 0.6 is 46.6 Å². The number of hydrogen-bond acceptors (Lipinski definition) is 3. The van der Waals surface area contributed by atoms with Crippen LogP contribution in [0.1, 0.15) is 16.5 Å². The molecular weight excluding hydrogens is 449 g/mol.